The minimum atomic E-state index is -0.453. The highest BCUT2D eigenvalue weighted by Gasteiger charge is 2.15. The first kappa shape index (κ1) is 21.6. The van der Waals surface area contributed by atoms with E-state index in [1.54, 1.807) is 24.3 Å². The van der Waals surface area contributed by atoms with Crippen molar-refractivity contribution in [3.05, 3.63) is 74.9 Å². The van der Waals surface area contributed by atoms with Gasteiger partial charge in [0, 0.05) is 12.2 Å². The molecular weight excluding hydrogens is 378 g/mol. The first-order chi connectivity index (χ1) is 14.3. The number of para-hydroxylation sites is 1. The summed E-state index contributed by atoms with van der Waals surface area (Å²) < 4.78 is 2.63. The molecule has 3 aromatic rings. The molecule has 0 aliphatic carbocycles. The number of carbonyl (C=O) groups excluding carboxylic acids is 1. The molecule has 0 fully saturated rings. The SMILES string of the molecule is CC(C)CCn1c(=O)c2ccccc2n(CC(=O)Nc2cccc(C(C)C)c2)c1=O. The molecule has 1 amide bonds. The predicted molar refractivity (Wildman–Crippen MR) is 121 cm³/mol. The zero-order valence-electron chi connectivity index (χ0n) is 18.0. The van der Waals surface area contributed by atoms with Crippen LogP contribution in [-0.4, -0.2) is 15.0 Å². The van der Waals surface area contributed by atoms with Gasteiger partial charge < -0.3 is 5.32 Å². The minimum Gasteiger partial charge on any atom is -0.325 e. The van der Waals surface area contributed by atoms with Crippen molar-refractivity contribution in [2.45, 2.75) is 53.1 Å². The number of amides is 1. The Hall–Kier alpha value is -3.15. The largest absolute Gasteiger partial charge is 0.331 e. The summed E-state index contributed by atoms with van der Waals surface area (Å²) in [6.45, 7) is 8.44. The van der Waals surface area contributed by atoms with E-state index in [2.05, 4.69) is 19.2 Å². The number of aromatic nitrogens is 2. The predicted octanol–water partition coefficient (Wildman–Crippen LogP) is 3.97. The van der Waals surface area contributed by atoms with Gasteiger partial charge in [-0.15, -0.1) is 0 Å². The highest BCUT2D eigenvalue weighted by atomic mass is 16.2. The molecule has 6 heteroatoms. The van der Waals surface area contributed by atoms with E-state index >= 15 is 0 Å². The number of nitrogens with one attached hydrogen (secondary N) is 1. The Labute approximate surface area is 176 Å². The standard InChI is InChI=1S/C24H29N3O3/c1-16(2)12-13-26-23(29)20-10-5-6-11-21(20)27(24(26)30)15-22(28)25-19-9-7-8-18(14-19)17(3)4/h5-11,14,16-17H,12-13,15H2,1-4H3,(H,25,28). The average molecular weight is 408 g/mol. The molecule has 0 aliphatic rings. The van der Waals surface area contributed by atoms with Crippen LogP contribution >= 0.6 is 0 Å². The van der Waals surface area contributed by atoms with Crippen LogP contribution in [0.3, 0.4) is 0 Å². The van der Waals surface area contributed by atoms with E-state index < -0.39 is 5.69 Å². The summed E-state index contributed by atoms with van der Waals surface area (Å²) in [4.78, 5) is 38.7. The summed E-state index contributed by atoms with van der Waals surface area (Å²) in [5, 5.41) is 3.32. The molecule has 2 aromatic carbocycles. The summed E-state index contributed by atoms with van der Waals surface area (Å²) in [6, 6.07) is 14.6. The molecule has 0 spiro atoms. The van der Waals surface area contributed by atoms with Crippen molar-refractivity contribution < 1.29 is 4.79 Å². The molecule has 158 valence electrons. The van der Waals surface area contributed by atoms with Crippen molar-refractivity contribution in [3.63, 3.8) is 0 Å². The van der Waals surface area contributed by atoms with E-state index in [0.717, 1.165) is 5.56 Å². The van der Waals surface area contributed by atoms with E-state index in [1.807, 2.05) is 38.1 Å². The summed E-state index contributed by atoms with van der Waals surface area (Å²) >= 11 is 0. The molecule has 0 radical (unpaired) electrons. The molecule has 0 atom stereocenters. The molecule has 0 unspecified atom stereocenters. The van der Waals surface area contributed by atoms with E-state index in [4.69, 9.17) is 0 Å². The summed E-state index contributed by atoms with van der Waals surface area (Å²) in [5.41, 5.74) is 1.52. The Kier molecular flexibility index (Phi) is 6.55. The number of benzene rings is 2. The van der Waals surface area contributed by atoms with Gasteiger partial charge in [0.15, 0.2) is 0 Å². The third-order valence-corrected chi connectivity index (χ3v) is 5.20. The molecule has 30 heavy (non-hydrogen) atoms. The quantitative estimate of drug-likeness (QED) is 0.644. The van der Waals surface area contributed by atoms with Gasteiger partial charge >= 0.3 is 5.69 Å². The first-order valence-corrected chi connectivity index (χ1v) is 10.4. The molecule has 0 saturated heterocycles. The lowest BCUT2D eigenvalue weighted by atomic mass is 10.0. The normalized spacial score (nSPS) is 11.4. The van der Waals surface area contributed by atoms with Crippen molar-refractivity contribution >= 4 is 22.5 Å². The average Bonchev–Trinajstić information content (AvgIpc) is 2.71. The zero-order chi connectivity index (χ0) is 21.8. The van der Waals surface area contributed by atoms with Crippen LogP contribution in [0.2, 0.25) is 0 Å². The first-order valence-electron chi connectivity index (χ1n) is 10.4. The smallest absolute Gasteiger partial charge is 0.325 e. The lowest BCUT2D eigenvalue weighted by Crippen LogP contribution is -2.42. The summed E-state index contributed by atoms with van der Waals surface area (Å²) in [6.07, 6.45) is 0.710. The van der Waals surface area contributed by atoms with Gasteiger partial charge in [-0.05, 0) is 48.1 Å². The van der Waals surface area contributed by atoms with Gasteiger partial charge in [-0.2, -0.15) is 0 Å². The highest BCUT2D eigenvalue weighted by molar-refractivity contribution is 5.91. The van der Waals surface area contributed by atoms with E-state index in [9.17, 15) is 14.4 Å². The van der Waals surface area contributed by atoms with Gasteiger partial charge in [0.05, 0.1) is 10.9 Å². The van der Waals surface area contributed by atoms with Gasteiger partial charge in [-0.3, -0.25) is 18.7 Å². The van der Waals surface area contributed by atoms with E-state index in [-0.39, 0.29) is 18.0 Å². The number of anilines is 1. The Bertz CT molecular complexity index is 1170. The lowest BCUT2D eigenvalue weighted by molar-refractivity contribution is -0.116. The van der Waals surface area contributed by atoms with Crippen molar-refractivity contribution in [2.75, 3.05) is 5.32 Å². The van der Waals surface area contributed by atoms with Crippen LogP contribution < -0.4 is 16.6 Å². The van der Waals surface area contributed by atoms with E-state index in [1.165, 1.54) is 9.13 Å². The minimum absolute atomic E-state index is 0.160. The van der Waals surface area contributed by atoms with Crippen molar-refractivity contribution in [1.29, 1.82) is 0 Å². The fourth-order valence-electron chi connectivity index (χ4n) is 3.43. The molecule has 1 aromatic heterocycles. The van der Waals surface area contributed by atoms with Gasteiger partial charge in [0.25, 0.3) is 5.56 Å². The summed E-state index contributed by atoms with van der Waals surface area (Å²) in [7, 11) is 0. The Morgan fingerprint density at radius 1 is 0.967 bits per heavy atom. The molecule has 0 bridgehead atoms. The number of nitrogens with zero attached hydrogens (tertiary/aromatic N) is 2. The van der Waals surface area contributed by atoms with E-state index in [0.29, 0.717) is 41.4 Å². The van der Waals surface area contributed by atoms with Crippen LogP contribution in [0, 0.1) is 5.92 Å². The number of carbonyl (C=O) groups is 1. The van der Waals surface area contributed by atoms with Crippen LogP contribution in [0.25, 0.3) is 10.9 Å². The maximum absolute atomic E-state index is 13.1. The Morgan fingerprint density at radius 2 is 1.70 bits per heavy atom. The van der Waals surface area contributed by atoms with Crippen molar-refractivity contribution in [3.8, 4) is 0 Å². The van der Waals surface area contributed by atoms with Crippen molar-refractivity contribution in [2.24, 2.45) is 5.92 Å². The van der Waals surface area contributed by atoms with Crippen molar-refractivity contribution in [1.82, 2.24) is 9.13 Å². The molecular formula is C24H29N3O3. The molecule has 0 saturated carbocycles. The third kappa shape index (κ3) is 4.70. The Balaban J connectivity index is 1.97. The number of rotatable bonds is 7. The lowest BCUT2D eigenvalue weighted by Gasteiger charge is -2.15. The zero-order valence-corrected chi connectivity index (χ0v) is 18.0. The van der Waals surface area contributed by atoms with Crippen LogP contribution in [-0.2, 0) is 17.9 Å². The van der Waals surface area contributed by atoms with Gasteiger partial charge in [0.2, 0.25) is 5.91 Å². The topological polar surface area (TPSA) is 73.1 Å². The molecule has 6 nitrogen and oxygen atoms in total. The van der Waals surface area contributed by atoms with Gasteiger partial charge in [-0.25, -0.2) is 4.79 Å². The number of hydrogen-bond acceptors (Lipinski definition) is 3. The van der Waals surface area contributed by atoms with Crippen LogP contribution in [0.1, 0.15) is 45.6 Å². The van der Waals surface area contributed by atoms with Crippen LogP contribution in [0.4, 0.5) is 5.69 Å². The molecule has 1 N–H and O–H groups in total. The second-order valence-corrected chi connectivity index (χ2v) is 8.35. The molecule has 3 rings (SSSR count). The second-order valence-electron chi connectivity index (χ2n) is 8.35. The fourth-order valence-corrected chi connectivity index (χ4v) is 3.43. The monoisotopic (exact) mass is 407 g/mol. The number of hydrogen-bond donors (Lipinski definition) is 1. The molecule has 0 aliphatic heterocycles. The van der Waals surface area contributed by atoms with Crippen LogP contribution in [0.5, 0.6) is 0 Å². The highest BCUT2D eigenvalue weighted by Crippen LogP contribution is 2.18. The van der Waals surface area contributed by atoms with Crippen LogP contribution in [0.15, 0.2) is 58.1 Å². The maximum atomic E-state index is 13.1. The molecule has 1 heterocycles. The second kappa shape index (κ2) is 9.11. The van der Waals surface area contributed by atoms with Gasteiger partial charge in [-0.1, -0.05) is 52.0 Å². The maximum Gasteiger partial charge on any atom is 0.331 e. The number of fused-ring (bicyclic) bond motifs is 1. The van der Waals surface area contributed by atoms with Gasteiger partial charge in [0.1, 0.15) is 6.54 Å². The third-order valence-electron chi connectivity index (χ3n) is 5.20. The fraction of sp³-hybridized carbons (Fsp3) is 0.375. The Morgan fingerprint density at radius 3 is 2.40 bits per heavy atom. The summed E-state index contributed by atoms with van der Waals surface area (Å²) in [5.74, 6) is 0.392.